The second-order valence-electron chi connectivity index (χ2n) is 6.24. The number of hydrogen-bond donors (Lipinski definition) is 2. The molecule has 0 aliphatic rings. The van der Waals surface area contributed by atoms with Gasteiger partial charge in [-0.1, -0.05) is 30.3 Å². The minimum Gasteiger partial charge on any atom is -0.382 e. The standard InChI is InChI=1S/C21H20FN5OS/c22-17-9-4-5-11-19(17)29-14-20(28)25-12-6-10-18-16(13-23)21(24)27(26-18)15-7-2-1-3-8-15/h1-5,7-9,11H,6,10,12,14,24H2,(H,25,28). The van der Waals surface area contributed by atoms with E-state index >= 15 is 0 Å². The van der Waals surface area contributed by atoms with Crippen LogP contribution in [0.1, 0.15) is 17.7 Å². The number of halogens is 1. The Kier molecular flexibility index (Phi) is 6.87. The summed E-state index contributed by atoms with van der Waals surface area (Å²) in [6, 6.07) is 17.8. The number of carbonyl (C=O) groups is 1. The van der Waals surface area contributed by atoms with Crippen molar-refractivity contribution in [1.29, 1.82) is 5.26 Å². The van der Waals surface area contributed by atoms with Crippen molar-refractivity contribution in [1.82, 2.24) is 15.1 Å². The fourth-order valence-electron chi connectivity index (χ4n) is 2.78. The quantitative estimate of drug-likeness (QED) is 0.439. The van der Waals surface area contributed by atoms with E-state index in [1.807, 2.05) is 30.3 Å². The van der Waals surface area contributed by atoms with Crippen LogP contribution in [0, 0.1) is 17.1 Å². The third-order valence-electron chi connectivity index (χ3n) is 4.21. The molecule has 2 aromatic carbocycles. The van der Waals surface area contributed by atoms with Crippen LogP contribution in [0.5, 0.6) is 0 Å². The third-order valence-corrected chi connectivity index (χ3v) is 5.26. The van der Waals surface area contributed by atoms with E-state index in [2.05, 4.69) is 16.5 Å². The summed E-state index contributed by atoms with van der Waals surface area (Å²) >= 11 is 1.16. The Morgan fingerprint density at radius 3 is 2.66 bits per heavy atom. The molecule has 8 heteroatoms. The molecule has 0 aliphatic carbocycles. The van der Waals surface area contributed by atoms with E-state index in [4.69, 9.17) is 5.73 Å². The number of rotatable bonds is 8. The van der Waals surface area contributed by atoms with Crippen molar-refractivity contribution in [3.8, 4) is 11.8 Å². The molecule has 6 nitrogen and oxygen atoms in total. The average molecular weight is 409 g/mol. The van der Waals surface area contributed by atoms with E-state index in [0.29, 0.717) is 41.4 Å². The molecule has 29 heavy (non-hydrogen) atoms. The van der Waals surface area contributed by atoms with Crippen molar-refractivity contribution in [3.05, 3.63) is 71.7 Å². The smallest absolute Gasteiger partial charge is 0.230 e. The maximum absolute atomic E-state index is 13.6. The van der Waals surface area contributed by atoms with E-state index in [-0.39, 0.29) is 17.5 Å². The Balaban J connectivity index is 1.51. The van der Waals surface area contributed by atoms with Crippen molar-refractivity contribution >= 4 is 23.5 Å². The second kappa shape index (κ2) is 9.75. The van der Waals surface area contributed by atoms with Crippen molar-refractivity contribution in [2.24, 2.45) is 0 Å². The largest absolute Gasteiger partial charge is 0.382 e. The monoisotopic (exact) mass is 409 g/mol. The first kappa shape index (κ1) is 20.4. The molecule has 0 spiro atoms. The molecule has 0 bridgehead atoms. The lowest BCUT2D eigenvalue weighted by Gasteiger charge is -2.05. The maximum atomic E-state index is 13.6. The highest BCUT2D eigenvalue weighted by Gasteiger charge is 2.16. The van der Waals surface area contributed by atoms with E-state index in [0.717, 1.165) is 17.4 Å². The minimum atomic E-state index is -0.332. The van der Waals surface area contributed by atoms with Crippen molar-refractivity contribution < 1.29 is 9.18 Å². The molecule has 0 unspecified atom stereocenters. The molecule has 3 rings (SSSR count). The molecule has 1 heterocycles. The number of hydrogen-bond acceptors (Lipinski definition) is 5. The van der Waals surface area contributed by atoms with Gasteiger partial charge in [0, 0.05) is 11.4 Å². The van der Waals surface area contributed by atoms with E-state index in [9.17, 15) is 14.4 Å². The van der Waals surface area contributed by atoms with Gasteiger partial charge >= 0.3 is 0 Å². The molecule has 0 radical (unpaired) electrons. The molecule has 0 saturated heterocycles. The molecular formula is C21H20FN5OS. The van der Waals surface area contributed by atoms with Crippen LogP contribution in [-0.2, 0) is 11.2 Å². The van der Waals surface area contributed by atoms with Crippen LogP contribution >= 0.6 is 11.8 Å². The van der Waals surface area contributed by atoms with Gasteiger partial charge < -0.3 is 11.1 Å². The Bertz CT molecular complexity index is 1030. The Labute approximate surface area is 172 Å². The second-order valence-corrected chi connectivity index (χ2v) is 7.26. The first-order chi connectivity index (χ1) is 14.1. The van der Waals surface area contributed by atoms with E-state index in [1.165, 1.54) is 6.07 Å². The number of nitriles is 1. The van der Waals surface area contributed by atoms with Crippen LogP contribution < -0.4 is 11.1 Å². The summed E-state index contributed by atoms with van der Waals surface area (Å²) in [5, 5.41) is 16.7. The first-order valence-electron chi connectivity index (χ1n) is 9.07. The average Bonchev–Trinajstić information content (AvgIpc) is 3.06. The van der Waals surface area contributed by atoms with Gasteiger partial charge in [-0.05, 0) is 37.1 Å². The predicted octanol–water partition coefficient (Wildman–Crippen LogP) is 3.31. The number of benzene rings is 2. The number of nitrogens with zero attached hydrogens (tertiary/aromatic N) is 3. The van der Waals surface area contributed by atoms with Gasteiger partial charge in [0.2, 0.25) is 5.91 Å². The summed E-state index contributed by atoms with van der Waals surface area (Å²) in [7, 11) is 0. The van der Waals surface area contributed by atoms with Gasteiger partial charge in [0.15, 0.2) is 0 Å². The normalized spacial score (nSPS) is 10.5. The number of nitrogen functional groups attached to an aromatic ring is 1. The zero-order valence-corrected chi connectivity index (χ0v) is 16.5. The minimum absolute atomic E-state index is 0.139. The molecule has 3 aromatic rings. The Morgan fingerprint density at radius 2 is 1.93 bits per heavy atom. The van der Waals surface area contributed by atoms with Crippen LogP contribution in [0.25, 0.3) is 5.69 Å². The summed E-state index contributed by atoms with van der Waals surface area (Å²) in [4.78, 5) is 12.4. The highest BCUT2D eigenvalue weighted by molar-refractivity contribution is 8.00. The fraction of sp³-hybridized carbons (Fsp3) is 0.190. The van der Waals surface area contributed by atoms with Gasteiger partial charge in [-0.3, -0.25) is 4.79 Å². The zero-order valence-electron chi connectivity index (χ0n) is 15.6. The van der Waals surface area contributed by atoms with Gasteiger partial charge in [0.05, 0.1) is 17.1 Å². The number of para-hydroxylation sites is 1. The van der Waals surface area contributed by atoms with Crippen molar-refractivity contribution in [2.45, 2.75) is 17.7 Å². The van der Waals surface area contributed by atoms with Crippen molar-refractivity contribution in [3.63, 3.8) is 0 Å². The first-order valence-corrected chi connectivity index (χ1v) is 10.1. The SMILES string of the molecule is N#Cc1c(CCCNC(=O)CSc2ccccc2F)nn(-c2ccccc2)c1N. The fourth-order valence-corrected chi connectivity index (χ4v) is 3.55. The molecule has 0 fully saturated rings. The number of nitrogens with one attached hydrogen (secondary N) is 1. The number of aromatic nitrogens is 2. The third kappa shape index (κ3) is 5.15. The van der Waals surface area contributed by atoms with Gasteiger partial charge in [0.1, 0.15) is 23.3 Å². The van der Waals surface area contributed by atoms with Crippen LogP contribution in [0.2, 0.25) is 0 Å². The molecular weight excluding hydrogens is 389 g/mol. The van der Waals surface area contributed by atoms with E-state index in [1.54, 1.807) is 22.9 Å². The number of carbonyl (C=O) groups excluding carboxylic acids is 1. The lowest BCUT2D eigenvalue weighted by molar-refractivity contribution is -0.118. The molecule has 0 aliphatic heterocycles. The summed E-state index contributed by atoms with van der Waals surface area (Å²) in [6.07, 6.45) is 1.11. The summed E-state index contributed by atoms with van der Waals surface area (Å²) in [5.41, 5.74) is 7.82. The number of thioether (sulfide) groups is 1. The van der Waals surface area contributed by atoms with Gasteiger partial charge in [0.25, 0.3) is 0 Å². The zero-order chi connectivity index (χ0) is 20.6. The molecule has 0 atom stereocenters. The molecule has 0 saturated carbocycles. The van der Waals surface area contributed by atoms with Gasteiger partial charge in [-0.15, -0.1) is 11.8 Å². The lowest BCUT2D eigenvalue weighted by atomic mass is 10.1. The number of amides is 1. The summed E-state index contributed by atoms with van der Waals surface area (Å²) < 4.78 is 15.1. The lowest BCUT2D eigenvalue weighted by Crippen LogP contribution is -2.26. The van der Waals surface area contributed by atoms with Crippen LogP contribution in [0.4, 0.5) is 10.2 Å². The van der Waals surface area contributed by atoms with Crippen LogP contribution in [-0.4, -0.2) is 28.0 Å². The van der Waals surface area contributed by atoms with E-state index < -0.39 is 0 Å². The van der Waals surface area contributed by atoms with Crippen molar-refractivity contribution in [2.75, 3.05) is 18.0 Å². The highest BCUT2D eigenvalue weighted by atomic mass is 32.2. The number of aryl methyl sites for hydroxylation is 1. The number of anilines is 1. The highest BCUT2D eigenvalue weighted by Crippen LogP contribution is 2.22. The van der Waals surface area contributed by atoms with Gasteiger partial charge in [-0.25, -0.2) is 9.07 Å². The maximum Gasteiger partial charge on any atom is 0.230 e. The van der Waals surface area contributed by atoms with Crippen LogP contribution in [0.15, 0.2) is 59.5 Å². The molecule has 1 aromatic heterocycles. The Morgan fingerprint density at radius 1 is 1.21 bits per heavy atom. The number of nitrogens with two attached hydrogens (primary N) is 1. The predicted molar refractivity (Wildman–Crippen MR) is 111 cm³/mol. The topological polar surface area (TPSA) is 96.7 Å². The molecule has 148 valence electrons. The Hall–Kier alpha value is -3.31. The van der Waals surface area contributed by atoms with Gasteiger partial charge in [-0.2, -0.15) is 10.4 Å². The summed E-state index contributed by atoms with van der Waals surface area (Å²) in [6.45, 7) is 0.430. The summed E-state index contributed by atoms with van der Waals surface area (Å²) in [5.74, 6) is -0.0620. The molecule has 1 amide bonds. The van der Waals surface area contributed by atoms with Crippen LogP contribution in [0.3, 0.4) is 0 Å². The molecule has 3 N–H and O–H groups in total.